The van der Waals surface area contributed by atoms with Gasteiger partial charge >= 0.3 is 0 Å². The van der Waals surface area contributed by atoms with E-state index in [1.54, 1.807) is 0 Å². The third-order valence-corrected chi connectivity index (χ3v) is 2.85. The quantitative estimate of drug-likeness (QED) is 0.730. The molecule has 0 amide bonds. The Morgan fingerprint density at radius 1 is 1.12 bits per heavy atom. The van der Waals surface area contributed by atoms with Gasteiger partial charge in [-0.3, -0.25) is 0 Å². The second kappa shape index (κ2) is 6.04. The topological polar surface area (TPSA) is 72.2 Å². The lowest BCUT2D eigenvalue weighted by Crippen LogP contribution is -2.28. The lowest BCUT2D eigenvalue weighted by atomic mass is 10.1. The summed E-state index contributed by atoms with van der Waals surface area (Å²) in [5, 5.41) is 7.63. The maximum atomic E-state index is 12.8. The van der Waals surface area contributed by atoms with E-state index in [1.165, 1.54) is 12.1 Å². The van der Waals surface area contributed by atoms with E-state index in [1.807, 2.05) is 0 Å². The summed E-state index contributed by atoms with van der Waals surface area (Å²) in [6.07, 6.45) is 0.416. The van der Waals surface area contributed by atoms with Gasteiger partial charge in [0.2, 0.25) is 10.0 Å². The van der Waals surface area contributed by atoms with Gasteiger partial charge in [-0.1, -0.05) is 0 Å². The molecule has 0 radical (unpaired) electrons. The van der Waals surface area contributed by atoms with E-state index in [9.17, 15) is 17.2 Å². The van der Waals surface area contributed by atoms with Crippen molar-refractivity contribution in [1.82, 2.24) is 5.32 Å². The molecule has 0 bridgehead atoms. The molecule has 17 heavy (non-hydrogen) atoms. The molecule has 0 spiro atoms. The van der Waals surface area contributed by atoms with Crippen molar-refractivity contribution < 1.29 is 17.2 Å². The van der Waals surface area contributed by atoms with Gasteiger partial charge in [0.1, 0.15) is 11.6 Å². The highest BCUT2D eigenvalue weighted by atomic mass is 32.2. The van der Waals surface area contributed by atoms with Crippen molar-refractivity contribution in [2.75, 3.05) is 18.8 Å². The highest BCUT2D eigenvalue weighted by Gasteiger charge is 2.02. The maximum Gasteiger partial charge on any atom is 0.210 e. The summed E-state index contributed by atoms with van der Waals surface area (Å²) in [6, 6.07) is 3.28. The van der Waals surface area contributed by atoms with Crippen LogP contribution in [-0.2, 0) is 16.4 Å². The van der Waals surface area contributed by atoms with Crippen LogP contribution in [0.2, 0.25) is 0 Å². The number of rotatable bonds is 6. The van der Waals surface area contributed by atoms with Crippen LogP contribution >= 0.6 is 0 Å². The molecule has 0 aliphatic rings. The van der Waals surface area contributed by atoms with Crippen molar-refractivity contribution in [2.45, 2.75) is 6.42 Å². The van der Waals surface area contributed by atoms with Gasteiger partial charge in [0.15, 0.2) is 0 Å². The Kier molecular flexibility index (Phi) is 4.98. The summed E-state index contributed by atoms with van der Waals surface area (Å²) in [6.45, 7) is 0.648. The molecule has 0 unspecified atom stereocenters. The van der Waals surface area contributed by atoms with E-state index in [0.29, 0.717) is 18.5 Å². The van der Waals surface area contributed by atoms with Crippen molar-refractivity contribution in [3.05, 3.63) is 35.4 Å². The second-order valence-corrected chi connectivity index (χ2v) is 5.38. The SMILES string of the molecule is NS(=O)(=O)CCNCCc1cc(F)cc(F)c1. The number of nitrogens with two attached hydrogens (primary N) is 1. The first-order valence-corrected chi connectivity index (χ1v) is 6.74. The maximum absolute atomic E-state index is 12.8. The molecule has 1 aromatic carbocycles. The third kappa shape index (κ3) is 6.30. The van der Waals surface area contributed by atoms with Gasteiger partial charge in [0.05, 0.1) is 5.75 Å². The van der Waals surface area contributed by atoms with E-state index in [2.05, 4.69) is 5.32 Å². The molecule has 0 atom stereocenters. The van der Waals surface area contributed by atoms with Crippen molar-refractivity contribution in [1.29, 1.82) is 0 Å². The van der Waals surface area contributed by atoms with Crippen LogP contribution in [0.25, 0.3) is 0 Å². The molecule has 0 aliphatic carbocycles. The minimum atomic E-state index is -3.47. The van der Waals surface area contributed by atoms with Crippen LogP contribution in [0.5, 0.6) is 0 Å². The highest BCUT2D eigenvalue weighted by molar-refractivity contribution is 7.89. The first kappa shape index (κ1) is 14.0. The lowest BCUT2D eigenvalue weighted by molar-refractivity contribution is 0.578. The van der Waals surface area contributed by atoms with Gasteiger partial charge in [0.25, 0.3) is 0 Å². The van der Waals surface area contributed by atoms with Gasteiger partial charge in [0, 0.05) is 12.6 Å². The number of hydrogen-bond acceptors (Lipinski definition) is 3. The smallest absolute Gasteiger partial charge is 0.210 e. The molecule has 3 N–H and O–H groups in total. The monoisotopic (exact) mass is 264 g/mol. The number of benzene rings is 1. The van der Waals surface area contributed by atoms with Gasteiger partial charge in [-0.25, -0.2) is 22.3 Å². The Morgan fingerprint density at radius 3 is 2.24 bits per heavy atom. The molecule has 1 aromatic rings. The molecular formula is C10H14F2N2O2S. The molecule has 1 rings (SSSR count). The fraction of sp³-hybridized carbons (Fsp3) is 0.400. The number of primary sulfonamides is 1. The van der Waals surface area contributed by atoms with Crippen molar-refractivity contribution in [3.8, 4) is 0 Å². The van der Waals surface area contributed by atoms with Crippen LogP contribution in [0.1, 0.15) is 5.56 Å². The molecule has 96 valence electrons. The minimum absolute atomic E-state index is 0.162. The molecule has 4 nitrogen and oxygen atoms in total. The zero-order valence-electron chi connectivity index (χ0n) is 9.12. The predicted molar refractivity (Wildman–Crippen MR) is 60.9 cm³/mol. The van der Waals surface area contributed by atoms with E-state index in [4.69, 9.17) is 5.14 Å². The number of nitrogens with one attached hydrogen (secondary N) is 1. The Morgan fingerprint density at radius 2 is 1.71 bits per heavy atom. The van der Waals surface area contributed by atoms with Gasteiger partial charge in [-0.05, 0) is 30.7 Å². The standard InChI is InChI=1S/C10H14F2N2O2S/c11-9-5-8(6-10(12)7-9)1-2-14-3-4-17(13,15)16/h5-7,14H,1-4H2,(H2,13,15,16). The molecule has 7 heteroatoms. The molecule has 0 heterocycles. The van der Waals surface area contributed by atoms with E-state index in [-0.39, 0.29) is 12.3 Å². The predicted octanol–water partition coefficient (Wildman–Crippen LogP) is 0.385. The van der Waals surface area contributed by atoms with Gasteiger partial charge in [-0.2, -0.15) is 0 Å². The van der Waals surface area contributed by atoms with Crippen LogP contribution in [-0.4, -0.2) is 27.3 Å². The van der Waals surface area contributed by atoms with Crippen LogP contribution in [0.15, 0.2) is 18.2 Å². The molecule has 0 saturated carbocycles. The van der Waals surface area contributed by atoms with Crippen LogP contribution in [0, 0.1) is 11.6 Å². The summed E-state index contributed by atoms with van der Waals surface area (Å²) in [4.78, 5) is 0. The highest BCUT2D eigenvalue weighted by Crippen LogP contribution is 2.07. The zero-order valence-corrected chi connectivity index (χ0v) is 9.93. The van der Waals surface area contributed by atoms with E-state index in [0.717, 1.165) is 6.07 Å². The van der Waals surface area contributed by atoms with Crippen molar-refractivity contribution in [3.63, 3.8) is 0 Å². The van der Waals surface area contributed by atoms with Crippen LogP contribution < -0.4 is 10.5 Å². The first-order chi connectivity index (χ1) is 7.87. The summed E-state index contributed by atoms with van der Waals surface area (Å²) >= 11 is 0. The second-order valence-electron chi connectivity index (χ2n) is 3.64. The summed E-state index contributed by atoms with van der Waals surface area (Å²) < 4.78 is 46.8. The van der Waals surface area contributed by atoms with Gasteiger partial charge < -0.3 is 5.32 Å². The van der Waals surface area contributed by atoms with Gasteiger partial charge in [-0.15, -0.1) is 0 Å². The zero-order chi connectivity index (χ0) is 12.9. The molecule has 0 aliphatic heterocycles. The Labute approximate surface area is 98.9 Å². The summed E-state index contributed by atoms with van der Waals surface area (Å²) in [7, 11) is -3.47. The number of hydrogen-bond donors (Lipinski definition) is 2. The van der Waals surface area contributed by atoms with Crippen molar-refractivity contribution >= 4 is 10.0 Å². The Bertz CT molecular complexity index is 457. The minimum Gasteiger partial charge on any atom is -0.315 e. The molecule has 0 saturated heterocycles. The van der Waals surface area contributed by atoms with Crippen LogP contribution in [0.3, 0.4) is 0 Å². The number of halogens is 2. The largest absolute Gasteiger partial charge is 0.315 e. The lowest BCUT2D eigenvalue weighted by Gasteiger charge is -2.04. The summed E-state index contributed by atoms with van der Waals surface area (Å²) in [5.41, 5.74) is 0.519. The fourth-order valence-corrected chi connectivity index (χ4v) is 1.76. The van der Waals surface area contributed by atoms with Crippen LogP contribution in [0.4, 0.5) is 8.78 Å². The van der Waals surface area contributed by atoms with Crippen molar-refractivity contribution in [2.24, 2.45) is 5.14 Å². The van der Waals surface area contributed by atoms with E-state index < -0.39 is 21.7 Å². The average molecular weight is 264 g/mol. The average Bonchev–Trinajstić information content (AvgIpc) is 2.13. The third-order valence-electron chi connectivity index (χ3n) is 2.08. The normalized spacial score (nSPS) is 11.7. The first-order valence-electron chi connectivity index (χ1n) is 5.03. The fourth-order valence-electron chi connectivity index (χ4n) is 1.33. The Hall–Kier alpha value is -1.05. The molecule has 0 fully saturated rings. The summed E-state index contributed by atoms with van der Waals surface area (Å²) in [5.74, 6) is -1.40. The van der Waals surface area contributed by atoms with E-state index >= 15 is 0 Å². The molecular weight excluding hydrogens is 250 g/mol. The Balaban J connectivity index is 2.31. The molecule has 0 aromatic heterocycles. The number of sulfonamides is 1.